The van der Waals surface area contributed by atoms with Gasteiger partial charge < -0.3 is 0 Å². The average Bonchev–Trinajstić information content (AvgIpc) is 3.77. The molecule has 0 N–H and O–H groups in total. The highest BCUT2D eigenvalue weighted by Gasteiger charge is 2.18. The van der Waals surface area contributed by atoms with E-state index in [4.69, 9.17) is 0 Å². The summed E-state index contributed by atoms with van der Waals surface area (Å²) in [5, 5.41) is 15.6. The molecule has 0 amide bonds. The summed E-state index contributed by atoms with van der Waals surface area (Å²) in [6.45, 7) is 0. The lowest BCUT2D eigenvalue weighted by atomic mass is 9.85. The first-order valence-corrected chi connectivity index (χ1v) is 20.1. The molecule has 0 fully saturated rings. The molecular formula is C52H30S2. The highest BCUT2D eigenvalue weighted by atomic mass is 32.1. The van der Waals surface area contributed by atoms with Gasteiger partial charge >= 0.3 is 0 Å². The summed E-state index contributed by atoms with van der Waals surface area (Å²) in [5.41, 5.74) is 7.53. The summed E-state index contributed by atoms with van der Waals surface area (Å²) in [6.07, 6.45) is 0. The van der Waals surface area contributed by atoms with Gasteiger partial charge in [-0.25, -0.2) is 0 Å². The third kappa shape index (κ3) is 4.54. The van der Waals surface area contributed by atoms with Crippen LogP contribution in [0.15, 0.2) is 182 Å². The Morgan fingerprint density at radius 2 is 0.704 bits per heavy atom. The van der Waals surface area contributed by atoms with Crippen molar-refractivity contribution in [2.24, 2.45) is 0 Å². The molecule has 0 saturated heterocycles. The lowest BCUT2D eigenvalue weighted by Gasteiger charge is -2.18. The SMILES string of the molecule is c1cc(-c2ccc3sc4cc5cc6c(cc5cc4c3c2)sc2ccccc26)cc(-c2c3ccccc3c(-c3ccc4ccccc4c3)c3ccccc23)c1. The van der Waals surface area contributed by atoms with E-state index in [-0.39, 0.29) is 0 Å². The van der Waals surface area contributed by atoms with Crippen LogP contribution in [0.4, 0.5) is 0 Å². The zero-order valence-electron chi connectivity index (χ0n) is 29.1. The Labute approximate surface area is 319 Å². The second-order valence-electron chi connectivity index (χ2n) is 14.4. The van der Waals surface area contributed by atoms with Crippen LogP contribution in [-0.4, -0.2) is 0 Å². The number of benzene rings is 10. The monoisotopic (exact) mass is 718 g/mol. The molecule has 12 aromatic rings. The van der Waals surface area contributed by atoms with Crippen LogP contribution in [0, 0.1) is 0 Å². The van der Waals surface area contributed by atoms with Crippen LogP contribution >= 0.6 is 22.7 Å². The smallest absolute Gasteiger partial charge is 0.0361 e. The maximum Gasteiger partial charge on any atom is 0.0361 e. The zero-order chi connectivity index (χ0) is 35.3. The Kier molecular flexibility index (Phi) is 6.48. The van der Waals surface area contributed by atoms with E-state index >= 15 is 0 Å². The minimum Gasteiger partial charge on any atom is -0.135 e. The van der Waals surface area contributed by atoms with E-state index in [9.17, 15) is 0 Å². The molecule has 2 heterocycles. The number of rotatable bonds is 3. The van der Waals surface area contributed by atoms with Crippen LogP contribution in [0.2, 0.25) is 0 Å². The molecule has 0 aliphatic heterocycles. The van der Waals surface area contributed by atoms with Crippen molar-refractivity contribution in [3.8, 4) is 33.4 Å². The molecule has 0 aliphatic rings. The molecule has 10 aromatic carbocycles. The molecule has 2 heteroatoms. The molecule has 0 nitrogen and oxygen atoms in total. The summed E-state index contributed by atoms with van der Waals surface area (Å²) in [6, 6.07) is 68.0. The van der Waals surface area contributed by atoms with Gasteiger partial charge in [-0.05, 0) is 131 Å². The molecule has 0 aliphatic carbocycles. The van der Waals surface area contributed by atoms with Crippen LogP contribution in [-0.2, 0) is 0 Å². The third-order valence-electron chi connectivity index (χ3n) is 11.4. The van der Waals surface area contributed by atoms with Crippen LogP contribution in [0.3, 0.4) is 0 Å². The van der Waals surface area contributed by atoms with E-state index < -0.39 is 0 Å². The third-order valence-corrected chi connectivity index (χ3v) is 13.6. The van der Waals surface area contributed by atoms with Gasteiger partial charge in [0.25, 0.3) is 0 Å². The quantitative estimate of drug-likeness (QED) is 0.160. The van der Waals surface area contributed by atoms with Gasteiger partial charge in [0.2, 0.25) is 0 Å². The van der Waals surface area contributed by atoms with Crippen molar-refractivity contribution in [3.63, 3.8) is 0 Å². The maximum absolute atomic E-state index is 2.42. The van der Waals surface area contributed by atoms with E-state index in [1.165, 1.54) is 117 Å². The minimum absolute atomic E-state index is 1.23. The van der Waals surface area contributed by atoms with Crippen molar-refractivity contribution in [2.75, 3.05) is 0 Å². The molecule has 0 unspecified atom stereocenters. The van der Waals surface area contributed by atoms with Crippen molar-refractivity contribution in [2.45, 2.75) is 0 Å². The van der Waals surface area contributed by atoms with Crippen molar-refractivity contribution in [3.05, 3.63) is 182 Å². The van der Waals surface area contributed by atoms with Crippen LogP contribution < -0.4 is 0 Å². The standard InChI is InChI=1S/C52H30S2/c1-2-11-32-24-36(21-20-31(32)10-1)52-42-17-5-3-15-40(42)51(41-16-4-6-18-43(41)52)35-13-9-12-33(25-35)34-22-23-48-45(26-34)46-28-38-29-49-44(27-37(38)30-50(46)54-48)39-14-7-8-19-47(39)53-49/h1-30H. The summed E-state index contributed by atoms with van der Waals surface area (Å²) >= 11 is 3.79. The number of fused-ring (bicyclic) bond motifs is 10. The summed E-state index contributed by atoms with van der Waals surface area (Å²) < 4.78 is 5.37. The van der Waals surface area contributed by atoms with Gasteiger partial charge in [-0.2, -0.15) is 0 Å². The molecule has 0 saturated carbocycles. The molecule has 0 spiro atoms. The van der Waals surface area contributed by atoms with E-state index in [0.29, 0.717) is 0 Å². The van der Waals surface area contributed by atoms with Crippen molar-refractivity contribution in [1.82, 2.24) is 0 Å². The lowest BCUT2D eigenvalue weighted by Crippen LogP contribution is -1.91. The fourth-order valence-corrected chi connectivity index (χ4v) is 11.1. The van der Waals surface area contributed by atoms with E-state index in [0.717, 1.165) is 0 Å². The normalized spacial score (nSPS) is 12.1. The first kappa shape index (κ1) is 30.2. The Balaban J connectivity index is 1.02. The Morgan fingerprint density at radius 1 is 0.222 bits per heavy atom. The average molecular weight is 719 g/mol. The summed E-state index contributed by atoms with van der Waals surface area (Å²) in [4.78, 5) is 0. The highest BCUT2D eigenvalue weighted by molar-refractivity contribution is 7.26. The molecule has 54 heavy (non-hydrogen) atoms. The van der Waals surface area contributed by atoms with Gasteiger partial charge in [-0.3, -0.25) is 0 Å². The van der Waals surface area contributed by atoms with Gasteiger partial charge in [0.1, 0.15) is 0 Å². The van der Waals surface area contributed by atoms with Crippen LogP contribution in [0.5, 0.6) is 0 Å². The Morgan fingerprint density at radius 3 is 1.39 bits per heavy atom. The second kappa shape index (κ2) is 11.6. The van der Waals surface area contributed by atoms with Gasteiger partial charge in [-0.1, -0.05) is 127 Å². The Hall–Kier alpha value is -6.32. The molecular weight excluding hydrogens is 689 g/mol. The van der Waals surface area contributed by atoms with Crippen molar-refractivity contribution in [1.29, 1.82) is 0 Å². The fourth-order valence-electron chi connectivity index (χ4n) is 8.87. The molecule has 2 aromatic heterocycles. The van der Waals surface area contributed by atoms with Crippen LogP contribution in [0.25, 0.3) is 117 Å². The number of hydrogen-bond acceptors (Lipinski definition) is 2. The number of thiophene rings is 2. The van der Waals surface area contributed by atoms with Gasteiger partial charge in [0.05, 0.1) is 0 Å². The zero-order valence-corrected chi connectivity index (χ0v) is 30.8. The molecule has 0 atom stereocenters. The van der Waals surface area contributed by atoms with Crippen molar-refractivity contribution >= 4 is 106 Å². The summed E-state index contributed by atoms with van der Waals surface area (Å²) in [7, 11) is 0. The predicted octanol–water partition coefficient (Wildman–Crippen LogP) is 16.0. The Bertz CT molecular complexity index is 3450. The summed E-state index contributed by atoms with van der Waals surface area (Å²) in [5.74, 6) is 0. The largest absolute Gasteiger partial charge is 0.135 e. The lowest BCUT2D eigenvalue weighted by molar-refractivity contribution is 1.63. The maximum atomic E-state index is 2.42. The van der Waals surface area contributed by atoms with Gasteiger partial charge in [0, 0.05) is 40.3 Å². The van der Waals surface area contributed by atoms with Gasteiger partial charge in [0.15, 0.2) is 0 Å². The first-order valence-electron chi connectivity index (χ1n) is 18.5. The molecule has 0 radical (unpaired) electrons. The van der Waals surface area contributed by atoms with E-state index in [1.807, 2.05) is 22.7 Å². The van der Waals surface area contributed by atoms with E-state index in [2.05, 4.69) is 182 Å². The predicted molar refractivity (Wildman–Crippen MR) is 239 cm³/mol. The van der Waals surface area contributed by atoms with Gasteiger partial charge in [-0.15, -0.1) is 22.7 Å². The minimum atomic E-state index is 1.23. The number of hydrogen-bond donors (Lipinski definition) is 0. The highest BCUT2D eigenvalue weighted by Crippen LogP contribution is 2.46. The first-order chi connectivity index (χ1) is 26.7. The van der Waals surface area contributed by atoms with Crippen molar-refractivity contribution < 1.29 is 0 Å². The van der Waals surface area contributed by atoms with E-state index in [1.54, 1.807) is 0 Å². The van der Waals surface area contributed by atoms with Crippen LogP contribution in [0.1, 0.15) is 0 Å². The topological polar surface area (TPSA) is 0 Å². The fraction of sp³-hybridized carbons (Fsp3) is 0. The second-order valence-corrected chi connectivity index (χ2v) is 16.6. The molecule has 0 bridgehead atoms. The molecule has 250 valence electrons. The molecule has 12 rings (SSSR count).